The van der Waals surface area contributed by atoms with Crippen LogP contribution in [0.5, 0.6) is 0 Å². The molecular weight excluding hydrogens is 236 g/mol. The van der Waals surface area contributed by atoms with Gasteiger partial charge in [0.1, 0.15) is 11.5 Å². The van der Waals surface area contributed by atoms with Gasteiger partial charge in [0.2, 0.25) is 0 Å². The van der Waals surface area contributed by atoms with E-state index in [1.54, 1.807) is 0 Å². The van der Waals surface area contributed by atoms with Crippen molar-refractivity contribution in [1.82, 2.24) is 4.90 Å². The molecule has 0 atom stereocenters. The Morgan fingerprint density at radius 3 is 2.32 bits per heavy atom. The van der Waals surface area contributed by atoms with Crippen molar-refractivity contribution in [3.63, 3.8) is 0 Å². The maximum absolute atomic E-state index is 5.85. The van der Waals surface area contributed by atoms with E-state index < -0.39 is 0 Å². The van der Waals surface area contributed by atoms with Crippen molar-refractivity contribution >= 4 is 0 Å². The van der Waals surface area contributed by atoms with Gasteiger partial charge in [0.15, 0.2) is 0 Å². The molecule has 0 aliphatic heterocycles. The van der Waals surface area contributed by atoms with Gasteiger partial charge in [-0.1, -0.05) is 27.7 Å². The van der Waals surface area contributed by atoms with Crippen molar-refractivity contribution in [3.8, 4) is 0 Å². The SMILES string of the molecule is CCC(CC)N(Cc1cc(C)c(CN)o1)CC(C)C. The summed E-state index contributed by atoms with van der Waals surface area (Å²) >= 11 is 0. The largest absolute Gasteiger partial charge is 0.463 e. The molecule has 1 heterocycles. The number of furan rings is 1. The van der Waals surface area contributed by atoms with Crippen LogP contribution in [0.1, 0.15) is 57.6 Å². The van der Waals surface area contributed by atoms with Crippen molar-refractivity contribution in [2.24, 2.45) is 11.7 Å². The summed E-state index contributed by atoms with van der Waals surface area (Å²) in [7, 11) is 0. The third-order valence-electron chi connectivity index (χ3n) is 3.67. The predicted molar refractivity (Wildman–Crippen MR) is 81.0 cm³/mol. The van der Waals surface area contributed by atoms with E-state index in [0.29, 0.717) is 18.5 Å². The highest BCUT2D eigenvalue weighted by atomic mass is 16.3. The molecule has 19 heavy (non-hydrogen) atoms. The smallest absolute Gasteiger partial charge is 0.120 e. The highest BCUT2D eigenvalue weighted by Gasteiger charge is 2.18. The second-order valence-electron chi connectivity index (χ2n) is 5.82. The lowest BCUT2D eigenvalue weighted by molar-refractivity contribution is 0.145. The minimum atomic E-state index is 0.487. The van der Waals surface area contributed by atoms with E-state index in [1.807, 2.05) is 0 Å². The van der Waals surface area contributed by atoms with Gasteiger partial charge in [-0.05, 0) is 37.3 Å². The van der Waals surface area contributed by atoms with Crippen LogP contribution >= 0.6 is 0 Å². The summed E-state index contributed by atoms with van der Waals surface area (Å²) in [5.41, 5.74) is 6.85. The second-order valence-corrected chi connectivity index (χ2v) is 5.82. The van der Waals surface area contributed by atoms with Crippen LogP contribution in [0.15, 0.2) is 10.5 Å². The molecule has 0 unspecified atom stereocenters. The molecule has 0 saturated heterocycles. The van der Waals surface area contributed by atoms with Crippen LogP contribution in [-0.2, 0) is 13.1 Å². The highest BCUT2D eigenvalue weighted by Crippen LogP contribution is 2.20. The maximum atomic E-state index is 5.85. The topological polar surface area (TPSA) is 42.4 Å². The Bertz CT molecular complexity index is 367. The van der Waals surface area contributed by atoms with E-state index in [1.165, 1.54) is 18.4 Å². The fourth-order valence-electron chi connectivity index (χ4n) is 2.69. The number of hydrogen-bond donors (Lipinski definition) is 1. The van der Waals surface area contributed by atoms with Gasteiger partial charge >= 0.3 is 0 Å². The first kappa shape index (κ1) is 16.3. The standard InChI is InChI=1S/C16H30N2O/c1-6-14(7-2)18(10-12(3)4)11-15-8-13(5)16(9-17)19-15/h8,12,14H,6-7,9-11,17H2,1-5H3. The molecule has 0 fully saturated rings. The van der Waals surface area contributed by atoms with Gasteiger partial charge < -0.3 is 10.2 Å². The Labute approximate surface area is 118 Å². The average molecular weight is 266 g/mol. The third-order valence-corrected chi connectivity index (χ3v) is 3.67. The van der Waals surface area contributed by atoms with E-state index in [2.05, 4.69) is 45.6 Å². The fourth-order valence-corrected chi connectivity index (χ4v) is 2.69. The zero-order valence-corrected chi connectivity index (χ0v) is 13.2. The Balaban J connectivity index is 2.80. The molecular formula is C16H30N2O. The highest BCUT2D eigenvalue weighted by molar-refractivity contribution is 5.19. The summed E-state index contributed by atoms with van der Waals surface area (Å²) in [5.74, 6) is 2.64. The van der Waals surface area contributed by atoms with Crippen LogP contribution in [0, 0.1) is 12.8 Å². The molecule has 0 amide bonds. The van der Waals surface area contributed by atoms with E-state index in [9.17, 15) is 0 Å². The monoisotopic (exact) mass is 266 g/mol. The van der Waals surface area contributed by atoms with Crippen LogP contribution < -0.4 is 5.73 Å². The number of hydrogen-bond acceptors (Lipinski definition) is 3. The molecule has 3 heteroatoms. The lowest BCUT2D eigenvalue weighted by Gasteiger charge is -2.31. The summed E-state index contributed by atoms with van der Waals surface area (Å²) in [4.78, 5) is 2.54. The van der Waals surface area contributed by atoms with Gasteiger partial charge in [0, 0.05) is 12.6 Å². The van der Waals surface area contributed by atoms with Gasteiger partial charge in [-0.3, -0.25) is 4.90 Å². The van der Waals surface area contributed by atoms with Crippen molar-refractivity contribution in [2.75, 3.05) is 6.54 Å². The van der Waals surface area contributed by atoms with Gasteiger partial charge in [0.25, 0.3) is 0 Å². The Morgan fingerprint density at radius 1 is 1.26 bits per heavy atom. The third kappa shape index (κ3) is 4.66. The predicted octanol–water partition coefficient (Wildman–Crippen LogP) is 3.69. The summed E-state index contributed by atoms with van der Waals surface area (Å²) < 4.78 is 5.85. The second kappa shape index (κ2) is 7.71. The summed E-state index contributed by atoms with van der Waals surface area (Å²) in [5, 5.41) is 0. The molecule has 0 bridgehead atoms. The van der Waals surface area contributed by atoms with Crippen LogP contribution in [0.25, 0.3) is 0 Å². The number of rotatable bonds is 8. The van der Waals surface area contributed by atoms with Crippen LogP contribution in [0.3, 0.4) is 0 Å². The minimum absolute atomic E-state index is 0.487. The molecule has 1 aromatic rings. The van der Waals surface area contributed by atoms with Gasteiger partial charge in [0.05, 0.1) is 13.1 Å². The van der Waals surface area contributed by atoms with E-state index in [-0.39, 0.29) is 0 Å². The summed E-state index contributed by atoms with van der Waals surface area (Å²) in [6.07, 6.45) is 2.37. The van der Waals surface area contributed by atoms with Crippen molar-refractivity contribution < 1.29 is 4.42 Å². The van der Waals surface area contributed by atoms with E-state index in [0.717, 1.165) is 24.6 Å². The van der Waals surface area contributed by atoms with Crippen LogP contribution in [0.2, 0.25) is 0 Å². The molecule has 2 N–H and O–H groups in total. The minimum Gasteiger partial charge on any atom is -0.463 e. The van der Waals surface area contributed by atoms with Crippen molar-refractivity contribution in [2.45, 2.75) is 66.6 Å². The fraction of sp³-hybridized carbons (Fsp3) is 0.750. The zero-order chi connectivity index (χ0) is 14.4. The Hall–Kier alpha value is -0.800. The lowest BCUT2D eigenvalue weighted by Crippen LogP contribution is -2.36. The number of nitrogens with zero attached hydrogens (tertiary/aromatic N) is 1. The van der Waals surface area contributed by atoms with Gasteiger partial charge in [-0.15, -0.1) is 0 Å². The molecule has 1 aromatic heterocycles. The van der Waals surface area contributed by atoms with Crippen LogP contribution in [-0.4, -0.2) is 17.5 Å². The Morgan fingerprint density at radius 2 is 1.89 bits per heavy atom. The van der Waals surface area contributed by atoms with E-state index in [4.69, 9.17) is 10.2 Å². The first-order valence-electron chi connectivity index (χ1n) is 7.54. The zero-order valence-electron chi connectivity index (χ0n) is 13.2. The molecule has 0 aliphatic rings. The maximum Gasteiger partial charge on any atom is 0.120 e. The summed E-state index contributed by atoms with van der Waals surface area (Å²) in [6, 6.07) is 2.77. The molecule has 0 spiro atoms. The van der Waals surface area contributed by atoms with Crippen LogP contribution in [0.4, 0.5) is 0 Å². The van der Waals surface area contributed by atoms with Crippen molar-refractivity contribution in [1.29, 1.82) is 0 Å². The Kier molecular flexibility index (Phi) is 6.59. The van der Waals surface area contributed by atoms with Gasteiger partial charge in [-0.2, -0.15) is 0 Å². The number of aryl methyl sites for hydroxylation is 1. The molecule has 3 nitrogen and oxygen atoms in total. The van der Waals surface area contributed by atoms with Gasteiger partial charge in [-0.25, -0.2) is 0 Å². The molecule has 0 aromatic carbocycles. The molecule has 0 saturated carbocycles. The summed E-state index contributed by atoms with van der Waals surface area (Å²) in [6.45, 7) is 13.6. The first-order valence-corrected chi connectivity index (χ1v) is 7.54. The number of nitrogens with two attached hydrogens (primary N) is 1. The van der Waals surface area contributed by atoms with E-state index >= 15 is 0 Å². The molecule has 0 aliphatic carbocycles. The first-order chi connectivity index (χ1) is 9.01. The molecule has 0 radical (unpaired) electrons. The van der Waals surface area contributed by atoms with Crippen molar-refractivity contribution in [3.05, 3.63) is 23.2 Å². The quantitative estimate of drug-likeness (QED) is 0.780. The molecule has 1 rings (SSSR count). The lowest BCUT2D eigenvalue weighted by atomic mass is 10.1. The average Bonchev–Trinajstić information content (AvgIpc) is 2.70. The normalized spacial score (nSPS) is 12.1. The molecule has 110 valence electrons.